The van der Waals surface area contributed by atoms with Gasteiger partial charge in [0, 0.05) is 6.07 Å². The Morgan fingerprint density at radius 1 is 1.13 bits per heavy atom. The van der Waals surface area contributed by atoms with Gasteiger partial charge in [-0.25, -0.2) is 0 Å². The Bertz CT molecular complexity index is 436. The van der Waals surface area contributed by atoms with Gasteiger partial charge in [0.25, 0.3) is 0 Å². The molecule has 4 heteroatoms. The van der Waals surface area contributed by atoms with Gasteiger partial charge >= 0.3 is 0 Å². The van der Waals surface area contributed by atoms with Crippen molar-refractivity contribution in [2.45, 2.75) is 6.61 Å². The fourth-order valence-electron chi connectivity index (χ4n) is 1.26. The van der Waals surface area contributed by atoms with Crippen LogP contribution in [0, 0.1) is 0 Å². The van der Waals surface area contributed by atoms with E-state index in [9.17, 15) is 5.11 Å². The van der Waals surface area contributed by atoms with Crippen LogP contribution in [-0.4, -0.2) is 15.2 Å². The standard InChI is InChI=1S/C11H11NO3/c13-10-6-9(11(14)12-10)15-7-8-4-2-1-3-5-8/h1-6,12-14H,7H2. The number of aromatic nitrogens is 1. The topological polar surface area (TPSA) is 65.5 Å². The van der Waals surface area contributed by atoms with Crippen molar-refractivity contribution >= 4 is 0 Å². The predicted octanol–water partition coefficient (Wildman–Crippen LogP) is 2.00. The van der Waals surface area contributed by atoms with E-state index in [1.54, 1.807) is 0 Å². The molecule has 0 aliphatic rings. The Morgan fingerprint density at radius 3 is 2.47 bits per heavy atom. The maximum Gasteiger partial charge on any atom is 0.235 e. The second-order valence-electron chi connectivity index (χ2n) is 3.14. The van der Waals surface area contributed by atoms with Gasteiger partial charge in [0.1, 0.15) is 6.61 Å². The molecule has 0 aliphatic heterocycles. The molecule has 0 aliphatic carbocycles. The normalized spacial score (nSPS) is 10.1. The first-order valence-corrected chi connectivity index (χ1v) is 4.53. The highest BCUT2D eigenvalue weighted by molar-refractivity contribution is 5.39. The number of aromatic amines is 1. The summed E-state index contributed by atoms with van der Waals surface area (Å²) < 4.78 is 5.30. The SMILES string of the molecule is Oc1cc(OCc2ccccc2)c(O)[nH]1. The molecule has 0 saturated heterocycles. The van der Waals surface area contributed by atoms with Gasteiger partial charge in [-0.15, -0.1) is 0 Å². The van der Waals surface area contributed by atoms with Crippen molar-refractivity contribution in [3.8, 4) is 17.5 Å². The Labute approximate surface area is 86.8 Å². The van der Waals surface area contributed by atoms with Gasteiger partial charge in [-0.3, -0.25) is 4.98 Å². The summed E-state index contributed by atoms with van der Waals surface area (Å²) in [4.78, 5) is 2.33. The Kier molecular flexibility index (Phi) is 2.49. The maximum absolute atomic E-state index is 9.27. The molecule has 0 atom stereocenters. The quantitative estimate of drug-likeness (QED) is 0.718. The molecule has 1 aromatic carbocycles. The number of H-pyrrole nitrogens is 1. The number of rotatable bonds is 3. The van der Waals surface area contributed by atoms with Crippen LogP contribution in [0.15, 0.2) is 36.4 Å². The van der Waals surface area contributed by atoms with Crippen molar-refractivity contribution in [3.05, 3.63) is 42.0 Å². The van der Waals surface area contributed by atoms with Gasteiger partial charge in [-0.1, -0.05) is 30.3 Å². The van der Waals surface area contributed by atoms with E-state index in [4.69, 9.17) is 9.84 Å². The van der Waals surface area contributed by atoms with E-state index in [2.05, 4.69) is 4.98 Å². The lowest BCUT2D eigenvalue weighted by atomic mass is 10.2. The zero-order valence-electron chi connectivity index (χ0n) is 7.97. The highest BCUT2D eigenvalue weighted by Gasteiger charge is 2.06. The van der Waals surface area contributed by atoms with Crippen molar-refractivity contribution in [1.29, 1.82) is 0 Å². The lowest BCUT2D eigenvalue weighted by Gasteiger charge is -2.03. The van der Waals surface area contributed by atoms with Crippen LogP contribution in [0.4, 0.5) is 0 Å². The lowest BCUT2D eigenvalue weighted by molar-refractivity contribution is 0.288. The van der Waals surface area contributed by atoms with Crippen LogP contribution >= 0.6 is 0 Å². The largest absolute Gasteiger partial charge is 0.494 e. The molecule has 0 bridgehead atoms. The monoisotopic (exact) mass is 205 g/mol. The predicted molar refractivity (Wildman–Crippen MR) is 54.9 cm³/mol. The van der Waals surface area contributed by atoms with Crippen LogP contribution in [0.1, 0.15) is 5.56 Å². The van der Waals surface area contributed by atoms with Crippen LogP contribution < -0.4 is 4.74 Å². The van der Waals surface area contributed by atoms with E-state index >= 15 is 0 Å². The zero-order valence-corrected chi connectivity index (χ0v) is 7.97. The molecule has 0 unspecified atom stereocenters. The third kappa shape index (κ3) is 2.22. The molecule has 1 heterocycles. The third-order valence-electron chi connectivity index (χ3n) is 1.98. The number of benzene rings is 1. The van der Waals surface area contributed by atoms with Crippen molar-refractivity contribution < 1.29 is 14.9 Å². The van der Waals surface area contributed by atoms with Gasteiger partial charge in [0.15, 0.2) is 11.6 Å². The van der Waals surface area contributed by atoms with Gasteiger partial charge in [0.05, 0.1) is 0 Å². The average Bonchev–Trinajstić information content (AvgIpc) is 2.56. The average molecular weight is 205 g/mol. The van der Waals surface area contributed by atoms with E-state index in [0.29, 0.717) is 6.61 Å². The van der Waals surface area contributed by atoms with E-state index in [1.807, 2.05) is 30.3 Å². The molecular weight excluding hydrogens is 194 g/mol. The molecule has 0 spiro atoms. The number of hydrogen-bond donors (Lipinski definition) is 3. The summed E-state index contributed by atoms with van der Waals surface area (Å²) in [7, 11) is 0. The summed E-state index contributed by atoms with van der Waals surface area (Å²) in [6.45, 7) is 0.353. The van der Waals surface area contributed by atoms with Gasteiger partial charge < -0.3 is 14.9 Å². The number of hydrogen-bond acceptors (Lipinski definition) is 3. The fraction of sp³-hybridized carbons (Fsp3) is 0.0909. The molecular formula is C11H11NO3. The summed E-state index contributed by atoms with van der Waals surface area (Å²) in [6, 6.07) is 10.9. The van der Waals surface area contributed by atoms with Gasteiger partial charge in [0.2, 0.25) is 5.88 Å². The zero-order chi connectivity index (χ0) is 10.7. The Hall–Kier alpha value is -2.10. The summed E-state index contributed by atoms with van der Waals surface area (Å²) in [5.74, 6) is -0.0321. The van der Waals surface area contributed by atoms with E-state index in [-0.39, 0.29) is 17.5 Å². The van der Waals surface area contributed by atoms with Crippen LogP contribution in [0.3, 0.4) is 0 Å². The van der Waals surface area contributed by atoms with E-state index in [0.717, 1.165) is 5.56 Å². The van der Waals surface area contributed by atoms with Crippen molar-refractivity contribution in [2.75, 3.05) is 0 Å². The highest BCUT2D eigenvalue weighted by Crippen LogP contribution is 2.29. The second kappa shape index (κ2) is 3.96. The van der Waals surface area contributed by atoms with Crippen LogP contribution in [0.25, 0.3) is 0 Å². The van der Waals surface area contributed by atoms with E-state index < -0.39 is 0 Å². The fourth-order valence-corrected chi connectivity index (χ4v) is 1.26. The minimum Gasteiger partial charge on any atom is -0.494 e. The first kappa shape index (κ1) is 9.45. The van der Waals surface area contributed by atoms with Crippen molar-refractivity contribution in [1.82, 2.24) is 4.98 Å². The molecule has 15 heavy (non-hydrogen) atoms. The Morgan fingerprint density at radius 2 is 1.87 bits per heavy atom. The highest BCUT2D eigenvalue weighted by atomic mass is 16.5. The minimum atomic E-state index is -0.163. The number of ether oxygens (including phenoxy) is 1. The second-order valence-corrected chi connectivity index (χ2v) is 3.14. The number of aromatic hydroxyl groups is 2. The molecule has 0 fully saturated rings. The van der Waals surface area contributed by atoms with Crippen molar-refractivity contribution in [2.24, 2.45) is 0 Å². The first-order valence-electron chi connectivity index (χ1n) is 4.53. The summed E-state index contributed by atoms with van der Waals surface area (Å²) in [5.41, 5.74) is 0.998. The third-order valence-corrected chi connectivity index (χ3v) is 1.98. The van der Waals surface area contributed by atoms with Crippen LogP contribution in [-0.2, 0) is 6.61 Å². The van der Waals surface area contributed by atoms with Gasteiger partial charge in [-0.2, -0.15) is 0 Å². The van der Waals surface area contributed by atoms with Crippen LogP contribution in [0.2, 0.25) is 0 Å². The molecule has 0 saturated carbocycles. The molecule has 1 aromatic heterocycles. The summed E-state index contributed by atoms with van der Waals surface area (Å²) >= 11 is 0. The Balaban J connectivity index is 2.02. The first-order chi connectivity index (χ1) is 7.25. The minimum absolute atomic E-state index is 0.115. The molecule has 2 aromatic rings. The number of nitrogens with one attached hydrogen (secondary N) is 1. The van der Waals surface area contributed by atoms with Crippen molar-refractivity contribution in [3.63, 3.8) is 0 Å². The van der Waals surface area contributed by atoms with Crippen LogP contribution in [0.5, 0.6) is 17.5 Å². The molecule has 0 amide bonds. The van der Waals surface area contributed by atoms with E-state index in [1.165, 1.54) is 6.07 Å². The summed E-state index contributed by atoms with van der Waals surface area (Å²) in [6.07, 6.45) is 0. The molecule has 0 radical (unpaired) electrons. The van der Waals surface area contributed by atoms with Gasteiger partial charge in [-0.05, 0) is 5.56 Å². The maximum atomic E-state index is 9.27. The lowest BCUT2D eigenvalue weighted by Crippen LogP contribution is -1.93. The molecule has 3 N–H and O–H groups in total. The molecule has 4 nitrogen and oxygen atoms in total. The molecule has 2 rings (SSSR count). The summed E-state index contributed by atoms with van der Waals surface area (Å²) in [5, 5.41) is 18.3. The molecule has 78 valence electrons. The smallest absolute Gasteiger partial charge is 0.235 e.